The Morgan fingerprint density at radius 3 is 2.89 bits per heavy atom. The van der Waals surface area contributed by atoms with Crippen LogP contribution in [0.5, 0.6) is 0 Å². The van der Waals surface area contributed by atoms with Gasteiger partial charge in [0.2, 0.25) is 5.91 Å². The third kappa shape index (κ3) is 3.94. The molecule has 1 saturated heterocycles. The molecule has 1 aromatic heterocycles. The van der Waals surface area contributed by atoms with Crippen molar-refractivity contribution in [2.45, 2.75) is 32.7 Å². The Hall–Kier alpha value is -1.07. The molecule has 5 nitrogen and oxygen atoms in total. The molecule has 0 bridgehead atoms. The lowest BCUT2D eigenvalue weighted by molar-refractivity contribution is -0.132. The van der Waals surface area contributed by atoms with Crippen LogP contribution in [-0.2, 0) is 18.3 Å². The Morgan fingerprint density at radius 1 is 1.58 bits per heavy atom. The van der Waals surface area contributed by atoms with Gasteiger partial charge in [-0.1, -0.05) is 0 Å². The average Bonchev–Trinajstić information content (AvgIpc) is 2.67. The number of nitrogens with zero attached hydrogens (tertiary/aromatic N) is 3. The van der Waals surface area contributed by atoms with E-state index in [0.29, 0.717) is 12.5 Å². The van der Waals surface area contributed by atoms with E-state index in [1.807, 2.05) is 29.7 Å². The van der Waals surface area contributed by atoms with Gasteiger partial charge >= 0.3 is 0 Å². The lowest BCUT2D eigenvalue weighted by atomic mass is 10.1. The maximum absolute atomic E-state index is 12.1. The molecule has 1 aromatic rings. The summed E-state index contributed by atoms with van der Waals surface area (Å²) in [4.78, 5) is 14.1. The Bertz CT molecular complexity index is 432. The second kappa shape index (κ2) is 6.91. The van der Waals surface area contributed by atoms with Crippen LogP contribution < -0.4 is 5.32 Å². The van der Waals surface area contributed by atoms with Crippen LogP contribution in [-0.4, -0.2) is 46.3 Å². The molecule has 6 heteroatoms. The number of rotatable bonds is 3. The van der Waals surface area contributed by atoms with E-state index in [1.54, 1.807) is 0 Å². The van der Waals surface area contributed by atoms with Crippen LogP contribution in [0.1, 0.15) is 24.6 Å². The molecule has 1 aliphatic heterocycles. The Labute approximate surface area is 120 Å². The molecule has 0 spiro atoms. The van der Waals surface area contributed by atoms with Crippen molar-refractivity contribution in [3.8, 4) is 0 Å². The van der Waals surface area contributed by atoms with E-state index in [4.69, 9.17) is 0 Å². The molecule has 1 fully saturated rings. The van der Waals surface area contributed by atoms with Crippen LogP contribution in [0.2, 0.25) is 0 Å². The largest absolute Gasteiger partial charge is 0.340 e. The molecule has 2 heterocycles. The van der Waals surface area contributed by atoms with E-state index in [-0.39, 0.29) is 18.3 Å². The molecule has 19 heavy (non-hydrogen) atoms. The first-order valence-corrected chi connectivity index (χ1v) is 6.56. The van der Waals surface area contributed by atoms with Crippen molar-refractivity contribution in [3.63, 3.8) is 0 Å². The van der Waals surface area contributed by atoms with E-state index in [1.165, 1.54) is 5.56 Å². The number of carbonyl (C=O) groups excluding carboxylic acids is 1. The highest BCUT2D eigenvalue weighted by Crippen LogP contribution is 2.10. The molecule has 2 rings (SSSR count). The minimum atomic E-state index is 0. The number of piperazine rings is 1. The van der Waals surface area contributed by atoms with Crippen molar-refractivity contribution in [2.75, 3.05) is 19.6 Å². The number of hydrogen-bond acceptors (Lipinski definition) is 3. The fourth-order valence-electron chi connectivity index (χ4n) is 2.35. The smallest absolute Gasteiger partial charge is 0.223 e. The zero-order valence-corrected chi connectivity index (χ0v) is 12.7. The Morgan fingerprint density at radius 2 is 2.32 bits per heavy atom. The molecule has 1 N–H and O–H groups in total. The lowest BCUT2D eigenvalue weighted by Crippen LogP contribution is -2.51. The zero-order valence-electron chi connectivity index (χ0n) is 11.8. The van der Waals surface area contributed by atoms with Gasteiger partial charge in [-0.25, -0.2) is 0 Å². The predicted octanol–water partition coefficient (Wildman–Crippen LogP) is 0.903. The fourth-order valence-corrected chi connectivity index (χ4v) is 2.35. The van der Waals surface area contributed by atoms with Gasteiger partial charge in [0.1, 0.15) is 0 Å². The maximum Gasteiger partial charge on any atom is 0.223 e. The standard InChI is InChI=1S/C13H22N4O.ClH/c1-10-9-17(7-6-14-10)13(18)5-4-12-8-15-16(3)11(12)2;/h8,10,14H,4-7,9H2,1-3H3;1H/t10-;/m1./s1. The molecule has 0 aromatic carbocycles. The van der Waals surface area contributed by atoms with Crippen LogP contribution in [0.25, 0.3) is 0 Å². The summed E-state index contributed by atoms with van der Waals surface area (Å²) < 4.78 is 1.85. The topological polar surface area (TPSA) is 50.2 Å². The summed E-state index contributed by atoms with van der Waals surface area (Å²) in [6.45, 7) is 6.71. The van der Waals surface area contributed by atoms with Crippen LogP contribution in [0.3, 0.4) is 0 Å². The van der Waals surface area contributed by atoms with Crippen LogP contribution in [0.15, 0.2) is 6.20 Å². The summed E-state index contributed by atoms with van der Waals surface area (Å²) in [6.07, 6.45) is 3.24. The zero-order chi connectivity index (χ0) is 13.1. The van der Waals surface area contributed by atoms with E-state index in [9.17, 15) is 4.79 Å². The number of nitrogens with one attached hydrogen (secondary N) is 1. The molecule has 1 atom stereocenters. The Balaban J connectivity index is 0.00000180. The number of halogens is 1. The summed E-state index contributed by atoms with van der Waals surface area (Å²) in [7, 11) is 1.93. The summed E-state index contributed by atoms with van der Waals surface area (Å²) in [5.41, 5.74) is 2.32. The van der Waals surface area contributed by atoms with E-state index >= 15 is 0 Å². The number of hydrogen-bond donors (Lipinski definition) is 1. The van der Waals surface area contributed by atoms with Gasteiger partial charge in [0.05, 0.1) is 6.20 Å². The van der Waals surface area contributed by atoms with Crippen molar-refractivity contribution in [3.05, 3.63) is 17.5 Å². The summed E-state index contributed by atoms with van der Waals surface area (Å²) >= 11 is 0. The monoisotopic (exact) mass is 286 g/mol. The second-order valence-corrected chi connectivity index (χ2v) is 5.07. The van der Waals surface area contributed by atoms with Crippen molar-refractivity contribution in [2.24, 2.45) is 7.05 Å². The van der Waals surface area contributed by atoms with Gasteiger partial charge in [0.15, 0.2) is 0 Å². The maximum atomic E-state index is 12.1. The normalized spacial score (nSPS) is 19.1. The molecule has 0 radical (unpaired) electrons. The van der Waals surface area contributed by atoms with Crippen LogP contribution >= 0.6 is 12.4 Å². The first-order valence-electron chi connectivity index (χ1n) is 6.56. The minimum Gasteiger partial charge on any atom is -0.340 e. The molecule has 108 valence electrons. The molecule has 0 aliphatic carbocycles. The third-order valence-electron chi connectivity index (χ3n) is 3.67. The highest BCUT2D eigenvalue weighted by Gasteiger charge is 2.20. The SMILES string of the molecule is Cc1c(CCC(=O)N2CCN[C@H](C)C2)cnn1C.Cl. The second-order valence-electron chi connectivity index (χ2n) is 5.07. The van der Waals surface area contributed by atoms with Gasteiger partial charge in [-0.2, -0.15) is 5.10 Å². The summed E-state index contributed by atoms with van der Waals surface area (Å²) in [5, 5.41) is 7.55. The number of amides is 1. The van der Waals surface area contributed by atoms with Gasteiger partial charge < -0.3 is 10.2 Å². The minimum absolute atomic E-state index is 0. The van der Waals surface area contributed by atoms with Crippen LogP contribution in [0, 0.1) is 6.92 Å². The molecule has 1 aliphatic rings. The van der Waals surface area contributed by atoms with Crippen molar-refractivity contribution in [1.29, 1.82) is 0 Å². The first kappa shape index (κ1) is 16.0. The number of carbonyl (C=O) groups is 1. The highest BCUT2D eigenvalue weighted by atomic mass is 35.5. The molecule has 1 amide bonds. The molecule has 0 saturated carbocycles. The van der Waals surface area contributed by atoms with Crippen LogP contribution in [0.4, 0.5) is 0 Å². The van der Waals surface area contributed by atoms with Gasteiger partial charge in [-0.3, -0.25) is 9.48 Å². The van der Waals surface area contributed by atoms with Gasteiger partial charge in [0.25, 0.3) is 0 Å². The molecule has 0 unspecified atom stereocenters. The van der Waals surface area contributed by atoms with Gasteiger partial charge in [0, 0.05) is 44.8 Å². The highest BCUT2D eigenvalue weighted by molar-refractivity contribution is 5.85. The predicted molar refractivity (Wildman–Crippen MR) is 77.6 cm³/mol. The van der Waals surface area contributed by atoms with E-state index in [0.717, 1.165) is 31.7 Å². The van der Waals surface area contributed by atoms with Gasteiger partial charge in [-0.15, -0.1) is 12.4 Å². The molecular weight excluding hydrogens is 264 g/mol. The van der Waals surface area contributed by atoms with Crippen molar-refractivity contribution < 1.29 is 4.79 Å². The number of aromatic nitrogens is 2. The summed E-state index contributed by atoms with van der Waals surface area (Å²) in [6, 6.07) is 0.405. The summed E-state index contributed by atoms with van der Waals surface area (Å²) in [5.74, 6) is 0.256. The van der Waals surface area contributed by atoms with Gasteiger partial charge in [-0.05, 0) is 25.8 Å². The Kier molecular flexibility index (Phi) is 5.82. The number of aryl methyl sites for hydroxylation is 2. The van der Waals surface area contributed by atoms with Crippen molar-refractivity contribution >= 4 is 18.3 Å². The fraction of sp³-hybridized carbons (Fsp3) is 0.692. The first-order chi connectivity index (χ1) is 8.58. The quantitative estimate of drug-likeness (QED) is 0.898. The molecular formula is C13H23ClN4O. The average molecular weight is 287 g/mol. The van der Waals surface area contributed by atoms with E-state index < -0.39 is 0 Å². The third-order valence-corrected chi connectivity index (χ3v) is 3.67. The lowest BCUT2D eigenvalue weighted by Gasteiger charge is -2.32. The van der Waals surface area contributed by atoms with Crippen molar-refractivity contribution in [1.82, 2.24) is 20.0 Å². The van der Waals surface area contributed by atoms with E-state index in [2.05, 4.69) is 17.3 Å².